The predicted molar refractivity (Wildman–Crippen MR) is 77.3 cm³/mol. The number of carboxylic acid groups (broad SMARTS) is 1. The molecule has 2 aromatic heterocycles. The first-order chi connectivity index (χ1) is 10.3. The Balaban J connectivity index is 1.89. The van der Waals surface area contributed by atoms with Gasteiger partial charge in [-0.05, 0) is 12.1 Å². The molecule has 0 fully saturated rings. The first-order valence-corrected chi connectivity index (χ1v) is 6.38. The Morgan fingerprint density at radius 1 is 1.14 bits per heavy atom. The zero-order valence-corrected chi connectivity index (χ0v) is 11.1. The van der Waals surface area contributed by atoms with Crippen LogP contribution in [0.5, 0.6) is 5.75 Å². The quantitative estimate of drug-likeness (QED) is 0.795. The Morgan fingerprint density at radius 3 is 2.86 bits per heavy atom. The number of aromatic nitrogens is 2. The SMILES string of the molecule is O=C(O)c1ccncc1OCc1cccc2cccnc12. The number of ether oxygens (including phenoxy) is 1. The number of benzene rings is 1. The zero-order valence-electron chi connectivity index (χ0n) is 11.1. The number of nitrogens with zero attached hydrogens (tertiary/aromatic N) is 2. The number of rotatable bonds is 4. The molecule has 0 aliphatic rings. The van der Waals surface area contributed by atoms with Crippen molar-refractivity contribution in [3.05, 3.63) is 66.1 Å². The van der Waals surface area contributed by atoms with Crippen LogP contribution in [0.15, 0.2) is 55.0 Å². The average molecular weight is 280 g/mol. The molecule has 0 saturated heterocycles. The van der Waals surface area contributed by atoms with Crippen LogP contribution in [-0.2, 0) is 6.61 Å². The number of carboxylic acids is 1. The molecule has 0 radical (unpaired) electrons. The van der Waals surface area contributed by atoms with Crippen molar-refractivity contribution in [2.24, 2.45) is 0 Å². The molecule has 0 aliphatic carbocycles. The maximum atomic E-state index is 11.1. The highest BCUT2D eigenvalue weighted by molar-refractivity contribution is 5.90. The van der Waals surface area contributed by atoms with E-state index in [0.29, 0.717) is 0 Å². The Hall–Kier alpha value is -2.95. The van der Waals surface area contributed by atoms with Gasteiger partial charge in [-0.3, -0.25) is 9.97 Å². The van der Waals surface area contributed by atoms with E-state index in [1.807, 2.05) is 30.3 Å². The molecule has 0 saturated carbocycles. The van der Waals surface area contributed by atoms with Crippen molar-refractivity contribution < 1.29 is 14.6 Å². The summed E-state index contributed by atoms with van der Waals surface area (Å²) in [5.41, 5.74) is 1.84. The normalized spacial score (nSPS) is 10.5. The number of aromatic carboxylic acids is 1. The van der Waals surface area contributed by atoms with Crippen LogP contribution in [0.3, 0.4) is 0 Å². The molecule has 0 spiro atoms. The maximum Gasteiger partial charge on any atom is 0.339 e. The summed E-state index contributed by atoms with van der Waals surface area (Å²) in [4.78, 5) is 19.4. The van der Waals surface area contributed by atoms with Crippen LogP contribution in [0.1, 0.15) is 15.9 Å². The van der Waals surface area contributed by atoms with Crippen LogP contribution in [0.4, 0.5) is 0 Å². The number of para-hydroxylation sites is 1. The lowest BCUT2D eigenvalue weighted by atomic mass is 10.1. The Kier molecular flexibility index (Phi) is 3.47. The van der Waals surface area contributed by atoms with Crippen molar-refractivity contribution in [1.82, 2.24) is 9.97 Å². The molecule has 5 nitrogen and oxygen atoms in total. The summed E-state index contributed by atoms with van der Waals surface area (Å²) in [6.45, 7) is 0.236. The van der Waals surface area contributed by atoms with Gasteiger partial charge in [0.25, 0.3) is 0 Å². The summed E-state index contributed by atoms with van der Waals surface area (Å²) >= 11 is 0. The highest BCUT2D eigenvalue weighted by Crippen LogP contribution is 2.21. The molecule has 3 rings (SSSR count). The fraction of sp³-hybridized carbons (Fsp3) is 0.0625. The van der Waals surface area contributed by atoms with E-state index in [9.17, 15) is 4.79 Å². The monoisotopic (exact) mass is 280 g/mol. The maximum absolute atomic E-state index is 11.1. The third-order valence-corrected chi connectivity index (χ3v) is 3.11. The highest BCUT2D eigenvalue weighted by Gasteiger charge is 2.11. The summed E-state index contributed by atoms with van der Waals surface area (Å²) in [6, 6.07) is 11.1. The van der Waals surface area contributed by atoms with Gasteiger partial charge in [0, 0.05) is 23.3 Å². The van der Waals surface area contributed by atoms with E-state index in [0.717, 1.165) is 16.5 Å². The fourth-order valence-corrected chi connectivity index (χ4v) is 2.11. The minimum Gasteiger partial charge on any atom is -0.486 e. The number of carbonyl (C=O) groups is 1. The predicted octanol–water partition coefficient (Wildman–Crippen LogP) is 2.91. The molecule has 104 valence electrons. The number of hydrogen-bond acceptors (Lipinski definition) is 4. The Bertz CT molecular complexity index is 797. The standard InChI is InChI=1S/C16H12N2O3/c19-16(20)13-6-8-17-9-14(13)21-10-12-4-1-3-11-5-2-7-18-15(11)12/h1-9H,10H2,(H,19,20). The number of pyridine rings is 2. The second-order valence-electron chi connectivity index (χ2n) is 4.46. The first-order valence-electron chi connectivity index (χ1n) is 6.38. The average Bonchev–Trinajstić information content (AvgIpc) is 2.53. The summed E-state index contributed by atoms with van der Waals surface area (Å²) in [5.74, 6) is -0.790. The molecule has 0 amide bonds. The molecule has 2 heterocycles. The van der Waals surface area contributed by atoms with Crippen molar-refractivity contribution in [1.29, 1.82) is 0 Å². The second kappa shape index (κ2) is 5.58. The third kappa shape index (κ3) is 2.67. The van der Waals surface area contributed by atoms with E-state index in [1.165, 1.54) is 18.5 Å². The molecule has 21 heavy (non-hydrogen) atoms. The lowest BCUT2D eigenvalue weighted by molar-refractivity contribution is 0.0691. The molecule has 0 aliphatic heterocycles. The van der Waals surface area contributed by atoms with Crippen molar-refractivity contribution in [2.75, 3.05) is 0 Å². The molecule has 0 atom stereocenters. The first kappa shape index (κ1) is 13.1. The molecule has 5 heteroatoms. The van der Waals surface area contributed by atoms with Crippen LogP contribution >= 0.6 is 0 Å². The zero-order chi connectivity index (χ0) is 14.7. The van der Waals surface area contributed by atoms with E-state index >= 15 is 0 Å². The van der Waals surface area contributed by atoms with Crippen molar-refractivity contribution in [3.63, 3.8) is 0 Å². The van der Waals surface area contributed by atoms with E-state index in [-0.39, 0.29) is 17.9 Å². The van der Waals surface area contributed by atoms with E-state index in [1.54, 1.807) is 6.20 Å². The lowest BCUT2D eigenvalue weighted by Crippen LogP contribution is -2.04. The van der Waals surface area contributed by atoms with Crippen LogP contribution in [-0.4, -0.2) is 21.0 Å². The minimum atomic E-state index is -1.04. The Labute approximate surface area is 120 Å². The van der Waals surface area contributed by atoms with Gasteiger partial charge in [-0.1, -0.05) is 24.3 Å². The largest absolute Gasteiger partial charge is 0.486 e. The number of hydrogen-bond donors (Lipinski definition) is 1. The van der Waals surface area contributed by atoms with Crippen molar-refractivity contribution in [2.45, 2.75) is 6.61 Å². The van der Waals surface area contributed by atoms with Gasteiger partial charge in [-0.2, -0.15) is 0 Å². The van der Waals surface area contributed by atoms with Gasteiger partial charge in [0.1, 0.15) is 12.2 Å². The summed E-state index contributed by atoms with van der Waals surface area (Å²) < 4.78 is 5.61. The molecule has 0 unspecified atom stereocenters. The lowest BCUT2D eigenvalue weighted by Gasteiger charge is -2.10. The molecule has 0 bridgehead atoms. The second-order valence-corrected chi connectivity index (χ2v) is 4.46. The van der Waals surface area contributed by atoms with Crippen LogP contribution in [0, 0.1) is 0 Å². The molecule has 1 N–H and O–H groups in total. The van der Waals surface area contributed by atoms with Crippen molar-refractivity contribution >= 4 is 16.9 Å². The summed E-state index contributed by atoms with van der Waals surface area (Å²) in [5, 5.41) is 10.1. The fourth-order valence-electron chi connectivity index (χ4n) is 2.11. The molecule has 1 aromatic carbocycles. The summed E-state index contributed by atoms with van der Waals surface area (Å²) in [6.07, 6.45) is 4.55. The molecular weight excluding hydrogens is 268 g/mol. The Morgan fingerprint density at radius 2 is 2.00 bits per heavy atom. The van der Waals surface area contributed by atoms with Gasteiger partial charge in [-0.15, -0.1) is 0 Å². The van der Waals surface area contributed by atoms with E-state index < -0.39 is 5.97 Å². The third-order valence-electron chi connectivity index (χ3n) is 3.11. The highest BCUT2D eigenvalue weighted by atomic mass is 16.5. The van der Waals surface area contributed by atoms with Crippen LogP contribution < -0.4 is 4.74 Å². The smallest absolute Gasteiger partial charge is 0.339 e. The van der Waals surface area contributed by atoms with Gasteiger partial charge < -0.3 is 9.84 Å². The molecular formula is C16H12N2O3. The van der Waals surface area contributed by atoms with Gasteiger partial charge in [0.15, 0.2) is 5.75 Å². The van der Waals surface area contributed by atoms with Crippen LogP contribution in [0.2, 0.25) is 0 Å². The van der Waals surface area contributed by atoms with Gasteiger partial charge >= 0.3 is 5.97 Å². The van der Waals surface area contributed by atoms with Crippen molar-refractivity contribution in [3.8, 4) is 5.75 Å². The van der Waals surface area contributed by atoms with E-state index in [2.05, 4.69) is 9.97 Å². The topological polar surface area (TPSA) is 72.3 Å². The van der Waals surface area contributed by atoms with Crippen LogP contribution in [0.25, 0.3) is 10.9 Å². The minimum absolute atomic E-state index is 0.0956. The molecule has 3 aromatic rings. The van der Waals surface area contributed by atoms with Gasteiger partial charge in [-0.25, -0.2) is 4.79 Å². The van der Waals surface area contributed by atoms with Gasteiger partial charge in [0.05, 0.1) is 11.7 Å². The summed E-state index contributed by atoms with van der Waals surface area (Å²) in [7, 11) is 0. The van der Waals surface area contributed by atoms with Gasteiger partial charge in [0.2, 0.25) is 0 Å². The van der Waals surface area contributed by atoms with E-state index in [4.69, 9.17) is 9.84 Å². The number of fused-ring (bicyclic) bond motifs is 1.